The summed E-state index contributed by atoms with van der Waals surface area (Å²) in [4.78, 5) is 30.9. The van der Waals surface area contributed by atoms with Gasteiger partial charge in [-0.25, -0.2) is 0 Å². The number of methoxy groups -OCH3 is 2. The smallest absolute Gasteiger partial charge is 0.242 e. The lowest BCUT2D eigenvalue weighted by Gasteiger charge is -2.34. The Labute approximate surface area is 196 Å². The summed E-state index contributed by atoms with van der Waals surface area (Å²) in [6, 6.07) is 9.76. The molecule has 1 aromatic carbocycles. The SMILES string of the molecule is COc1ccc(CCN(Cc2cccs2)C(=O)CN(C(=O)C(C)(C)C)C(C)C)cc1OC. The van der Waals surface area contributed by atoms with Crippen molar-refractivity contribution in [1.29, 1.82) is 0 Å². The van der Waals surface area contributed by atoms with Gasteiger partial charge in [-0.3, -0.25) is 9.59 Å². The van der Waals surface area contributed by atoms with Crippen molar-refractivity contribution in [2.24, 2.45) is 5.41 Å². The number of thiophene rings is 1. The first kappa shape index (κ1) is 25.7. The number of carbonyl (C=O) groups is 2. The minimum Gasteiger partial charge on any atom is -0.493 e. The number of amides is 2. The van der Waals surface area contributed by atoms with Crippen LogP contribution in [-0.2, 0) is 22.6 Å². The van der Waals surface area contributed by atoms with Crippen LogP contribution >= 0.6 is 11.3 Å². The van der Waals surface area contributed by atoms with Crippen LogP contribution in [0.1, 0.15) is 45.1 Å². The number of hydrogen-bond donors (Lipinski definition) is 0. The second kappa shape index (κ2) is 11.4. The highest BCUT2D eigenvalue weighted by molar-refractivity contribution is 7.09. The largest absolute Gasteiger partial charge is 0.493 e. The van der Waals surface area contributed by atoms with E-state index in [1.54, 1.807) is 30.5 Å². The van der Waals surface area contributed by atoms with Gasteiger partial charge in [-0.2, -0.15) is 0 Å². The van der Waals surface area contributed by atoms with Gasteiger partial charge in [0.05, 0.1) is 20.8 Å². The number of nitrogens with zero attached hydrogens (tertiary/aromatic N) is 2. The molecule has 7 heteroatoms. The zero-order valence-corrected chi connectivity index (χ0v) is 21.1. The second-order valence-electron chi connectivity index (χ2n) is 9.11. The van der Waals surface area contributed by atoms with Crippen molar-refractivity contribution in [3.8, 4) is 11.5 Å². The molecule has 0 radical (unpaired) electrons. The number of hydrogen-bond acceptors (Lipinski definition) is 5. The normalized spacial score (nSPS) is 11.4. The summed E-state index contributed by atoms with van der Waals surface area (Å²) in [5.41, 5.74) is 0.515. The molecule has 1 aromatic heterocycles. The lowest BCUT2D eigenvalue weighted by atomic mass is 9.94. The van der Waals surface area contributed by atoms with Gasteiger partial charge in [0.25, 0.3) is 0 Å². The van der Waals surface area contributed by atoms with Crippen LogP contribution in [-0.4, -0.2) is 55.0 Å². The Hall–Kier alpha value is -2.54. The average Bonchev–Trinajstić information content (AvgIpc) is 3.26. The van der Waals surface area contributed by atoms with Crippen LogP contribution in [0.15, 0.2) is 35.7 Å². The Bertz CT molecular complexity index is 888. The Balaban J connectivity index is 2.19. The quantitative estimate of drug-likeness (QED) is 0.519. The van der Waals surface area contributed by atoms with E-state index in [9.17, 15) is 9.59 Å². The van der Waals surface area contributed by atoms with Crippen molar-refractivity contribution in [3.63, 3.8) is 0 Å². The minimum absolute atomic E-state index is 0.0168. The van der Waals surface area contributed by atoms with Gasteiger partial charge in [-0.1, -0.05) is 32.9 Å². The molecule has 1 heterocycles. The molecule has 6 nitrogen and oxygen atoms in total. The van der Waals surface area contributed by atoms with Crippen molar-refractivity contribution in [1.82, 2.24) is 9.80 Å². The predicted molar refractivity (Wildman–Crippen MR) is 129 cm³/mol. The molecule has 0 aliphatic heterocycles. The third kappa shape index (κ3) is 6.99. The summed E-state index contributed by atoms with van der Waals surface area (Å²) in [6.45, 7) is 10.7. The molecule has 32 heavy (non-hydrogen) atoms. The van der Waals surface area contributed by atoms with Gasteiger partial charge in [0.15, 0.2) is 11.5 Å². The number of carbonyl (C=O) groups excluding carboxylic acids is 2. The molecule has 0 saturated carbocycles. The van der Waals surface area contributed by atoms with Crippen molar-refractivity contribution >= 4 is 23.2 Å². The average molecular weight is 461 g/mol. The summed E-state index contributed by atoms with van der Waals surface area (Å²) in [5, 5.41) is 2.01. The van der Waals surface area contributed by atoms with Crippen molar-refractivity contribution in [3.05, 3.63) is 46.2 Å². The Kier molecular flexibility index (Phi) is 9.13. The lowest BCUT2D eigenvalue weighted by molar-refractivity contribution is -0.147. The molecule has 0 spiro atoms. The molecule has 0 saturated heterocycles. The van der Waals surface area contributed by atoms with Gasteiger partial charge in [0.1, 0.15) is 6.54 Å². The minimum atomic E-state index is -0.539. The van der Waals surface area contributed by atoms with Crippen molar-refractivity contribution in [2.45, 2.75) is 53.6 Å². The molecule has 176 valence electrons. The number of ether oxygens (including phenoxy) is 2. The van der Waals surface area contributed by atoms with Crippen molar-refractivity contribution < 1.29 is 19.1 Å². The number of rotatable bonds is 10. The highest BCUT2D eigenvalue weighted by atomic mass is 32.1. The molecule has 0 aliphatic rings. The maximum absolute atomic E-state index is 13.4. The van der Waals surface area contributed by atoms with Gasteiger partial charge in [0.2, 0.25) is 11.8 Å². The van der Waals surface area contributed by atoms with E-state index in [1.165, 1.54) is 0 Å². The molecule has 2 amide bonds. The zero-order chi connectivity index (χ0) is 23.9. The molecule has 0 fully saturated rings. The fraction of sp³-hybridized carbons (Fsp3) is 0.520. The summed E-state index contributed by atoms with van der Waals surface area (Å²) in [7, 11) is 3.22. The molecule has 0 bridgehead atoms. The third-order valence-corrected chi connectivity index (χ3v) is 6.09. The van der Waals surface area contributed by atoms with E-state index in [4.69, 9.17) is 9.47 Å². The van der Waals surface area contributed by atoms with Crippen LogP contribution in [0.25, 0.3) is 0 Å². The van der Waals surface area contributed by atoms with Crippen LogP contribution < -0.4 is 9.47 Å². The van der Waals surface area contributed by atoms with Gasteiger partial charge in [-0.05, 0) is 49.4 Å². The predicted octanol–water partition coefficient (Wildman–Crippen LogP) is 4.62. The van der Waals surface area contributed by atoms with Gasteiger partial charge in [0, 0.05) is 22.9 Å². The molecular weight excluding hydrogens is 424 g/mol. The first-order valence-corrected chi connectivity index (χ1v) is 11.8. The maximum atomic E-state index is 13.4. The maximum Gasteiger partial charge on any atom is 0.242 e. The first-order chi connectivity index (χ1) is 15.1. The Morgan fingerprint density at radius 1 is 1.06 bits per heavy atom. The summed E-state index contributed by atoms with van der Waals surface area (Å²) < 4.78 is 10.7. The standard InChI is InChI=1S/C25H36N2O4S/c1-18(2)27(24(29)25(3,4)5)17-23(28)26(16-20-9-8-14-32-20)13-12-19-10-11-21(30-6)22(15-19)31-7/h8-11,14-15,18H,12-13,16-17H2,1-7H3. The van der Waals surface area contributed by atoms with E-state index >= 15 is 0 Å². The Morgan fingerprint density at radius 3 is 2.28 bits per heavy atom. The monoisotopic (exact) mass is 460 g/mol. The summed E-state index contributed by atoms with van der Waals surface area (Å²) in [6.07, 6.45) is 0.673. The third-order valence-electron chi connectivity index (χ3n) is 5.23. The molecule has 0 N–H and O–H groups in total. The molecule has 0 atom stereocenters. The fourth-order valence-corrected chi connectivity index (χ4v) is 4.07. The topological polar surface area (TPSA) is 59.1 Å². The van der Waals surface area contributed by atoms with E-state index in [0.717, 1.165) is 10.4 Å². The van der Waals surface area contributed by atoms with Gasteiger partial charge < -0.3 is 19.3 Å². The van der Waals surface area contributed by atoms with Crippen LogP contribution in [0.2, 0.25) is 0 Å². The highest BCUT2D eigenvalue weighted by Crippen LogP contribution is 2.28. The first-order valence-electron chi connectivity index (χ1n) is 10.9. The van der Waals surface area contributed by atoms with E-state index in [0.29, 0.717) is 31.0 Å². The number of benzene rings is 1. The van der Waals surface area contributed by atoms with Crippen LogP contribution in [0.4, 0.5) is 0 Å². The van der Waals surface area contributed by atoms with Gasteiger partial charge in [-0.15, -0.1) is 11.3 Å². The fourth-order valence-electron chi connectivity index (χ4n) is 3.35. The summed E-state index contributed by atoms with van der Waals surface area (Å²) in [5.74, 6) is 1.28. The second-order valence-corrected chi connectivity index (χ2v) is 10.1. The molecule has 2 rings (SSSR count). The zero-order valence-electron chi connectivity index (χ0n) is 20.3. The summed E-state index contributed by atoms with van der Waals surface area (Å²) >= 11 is 1.63. The van der Waals surface area contributed by atoms with E-state index in [2.05, 4.69) is 0 Å². The van der Waals surface area contributed by atoms with Crippen molar-refractivity contribution in [2.75, 3.05) is 27.3 Å². The molecule has 0 aliphatic carbocycles. The molecular formula is C25H36N2O4S. The van der Waals surface area contributed by atoms with E-state index in [-0.39, 0.29) is 24.4 Å². The molecule has 0 unspecified atom stereocenters. The van der Waals surface area contributed by atoms with E-state index in [1.807, 2.05) is 75.2 Å². The van der Waals surface area contributed by atoms with E-state index < -0.39 is 5.41 Å². The van der Waals surface area contributed by atoms with Crippen LogP contribution in [0.5, 0.6) is 11.5 Å². The van der Waals surface area contributed by atoms with Gasteiger partial charge >= 0.3 is 0 Å². The molecule has 2 aromatic rings. The highest BCUT2D eigenvalue weighted by Gasteiger charge is 2.31. The lowest BCUT2D eigenvalue weighted by Crippen LogP contribution is -2.49. The Morgan fingerprint density at radius 2 is 1.75 bits per heavy atom. The van der Waals surface area contributed by atoms with Crippen LogP contribution in [0, 0.1) is 5.41 Å². The van der Waals surface area contributed by atoms with Crippen LogP contribution in [0.3, 0.4) is 0 Å².